The maximum atomic E-state index is 6.77. The third kappa shape index (κ3) is 4.29. The summed E-state index contributed by atoms with van der Waals surface area (Å²) in [6.45, 7) is 12.6. The Labute approximate surface area is 166 Å². The summed E-state index contributed by atoms with van der Waals surface area (Å²) in [6.07, 6.45) is 3.71. The van der Waals surface area contributed by atoms with Crippen molar-refractivity contribution in [1.29, 1.82) is 0 Å². The van der Waals surface area contributed by atoms with Crippen LogP contribution in [0, 0.1) is 20.8 Å². The number of pyridine rings is 1. The van der Waals surface area contributed by atoms with Crippen LogP contribution in [0.5, 0.6) is 11.6 Å². The van der Waals surface area contributed by atoms with Crippen molar-refractivity contribution in [2.45, 2.75) is 72.8 Å². The zero-order chi connectivity index (χ0) is 19.5. The molecule has 0 radical (unpaired) electrons. The first-order valence-electron chi connectivity index (χ1n) is 9.50. The number of aryl methyl sites for hydroxylation is 3. The van der Waals surface area contributed by atoms with Crippen molar-refractivity contribution in [3.8, 4) is 11.6 Å². The van der Waals surface area contributed by atoms with Gasteiger partial charge in [-0.15, -0.1) is 0 Å². The first-order valence-corrected chi connectivity index (χ1v) is 10.3. The van der Waals surface area contributed by atoms with Crippen LogP contribution in [0.4, 0.5) is 0 Å². The molecule has 0 saturated heterocycles. The zero-order valence-corrected chi connectivity index (χ0v) is 18.5. The van der Waals surface area contributed by atoms with Crippen molar-refractivity contribution in [3.63, 3.8) is 0 Å². The minimum atomic E-state index is -0.347. The van der Waals surface area contributed by atoms with Crippen LogP contribution in [0.25, 0.3) is 0 Å². The van der Waals surface area contributed by atoms with E-state index in [1.807, 2.05) is 6.92 Å². The van der Waals surface area contributed by atoms with Gasteiger partial charge in [-0.2, -0.15) is 0 Å². The van der Waals surface area contributed by atoms with Gasteiger partial charge in [0, 0.05) is 21.3 Å². The highest BCUT2D eigenvalue weighted by atomic mass is 79.9. The second-order valence-corrected chi connectivity index (χ2v) is 8.09. The van der Waals surface area contributed by atoms with Crippen LogP contribution in [-0.2, 0) is 12.0 Å². The lowest BCUT2D eigenvalue weighted by molar-refractivity contribution is 0.397. The molecule has 0 amide bonds. The number of ether oxygens (including phenoxy) is 1. The molecule has 26 heavy (non-hydrogen) atoms. The fourth-order valence-electron chi connectivity index (χ4n) is 3.48. The van der Waals surface area contributed by atoms with E-state index in [1.165, 1.54) is 5.56 Å². The number of hydrogen-bond acceptors (Lipinski definition) is 3. The van der Waals surface area contributed by atoms with E-state index in [1.54, 1.807) is 0 Å². The predicted molar refractivity (Wildman–Crippen MR) is 113 cm³/mol. The first kappa shape index (κ1) is 20.9. The number of nitrogens with two attached hydrogens (primary N) is 1. The van der Waals surface area contributed by atoms with E-state index < -0.39 is 0 Å². The Hall–Kier alpha value is -1.39. The quantitative estimate of drug-likeness (QED) is 0.558. The van der Waals surface area contributed by atoms with Crippen LogP contribution in [0.15, 0.2) is 22.7 Å². The van der Waals surface area contributed by atoms with E-state index in [9.17, 15) is 0 Å². The molecule has 0 atom stereocenters. The molecule has 0 aliphatic heterocycles. The van der Waals surface area contributed by atoms with Crippen molar-refractivity contribution >= 4 is 15.9 Å². The maximum Gasteiger partial charge on any atom is 0.223 e. The van der Waals surface area contributed by atoms with E-state index in [0.717, 1.165) is 58.3 Å². The molecule has 4 heteroatoms. The van der Waals surface area contributed by atoms with Crippen molar-refractivity contribution in [3.05, 3.63) is 50.6 Å². The third-order valence-corrected chi connectivity index (χ3v) is 5.59. The molecular weight excluding hydrogens is 388 g/mol. The Balaban J connectivity index is 2.64. The van der Waals surface area contributed by atoms with E-state index in [-0.39, 0.29) is 5.54 Å². The van der Waals surface area contributed by atoms with Crippen LogP contribution < -0.4 is 10.5 Å². The van der Waals surface area contributed by atoms with Gasteiger partial charge in [-0.05, 0) is 74.9 Å². The molecule has 2 rings (SSSR count). The summed E-state index contributed by atoms with van der Waals surface area (Å²) in [5, 5.41) is 0. The summed E-state index contributed by atoms with van der Waals surface area (Å²) in [6, 6.07) is 6.29. The Morgan fingerprint density at radius 2 is 1.62 bits per heavy atom. The fraction of sp³-hybridized carbons (Fsp3) is 0.500. The van der Waals surface area contributed by atoms with Crippen LogP contribution in [0.2, 0.25) is 0 Å². The van der Waals surface area contributed by atoms with Gasteiger partial charge in [-0.3, -0.25) is 0 Å². The van der Waals surface area contributed by atoms with E-state index >= 15 is 0 Å². The summed E-state index contributed by atoms with van der Waals surface area (Å²) in [4.78, 5) is 4.74. The summed E-state index contributed by atoms with van der Waals surface area (Å²) in [5.74, 6) is 1.58. The molecule has 0 saturated carbocycles. The number of benzene rings is 1. The highest BCUT2D eigenvalue weighted by Gasteiger charge is 2.29. The lowest BCUT2D eigenvalue weighted by atomic mass is 9.82. The van der Waals surface area contributed by atoms with Gasteiger partial charge in [-0.25, -0.2) is 4.98 Å². The minimum absolute atomic E-state index is 0.347. The largest absolute Gasteiger partial charge is 0.438 e. The van der Waals surface area contributed by atoms with Crippen LogP contribution in [0.1, 0.15) is 68.0 Å². The molecule has 2 aromatic rings. The van der Waals surface area contributed by atoms with Gasteiger partial charge in [0.25, 0.3) is 0 Å². The minimum Gasteiger partial charge on any atom is -0.438 e. The molecule has 0 aliphatic rings. The lowest BCUT2D eigenvalue weighted by Crippen LogP contribution is -2.36. The fourth-order valence-corrected chi connectivity index (χ4v) is 4.16. The second-order valence-electron chi connectivity index (χ2n) is 7.18. The van der Waals surface area contributed by atoms with Crippen LogP contribution in [0.3, 0.4) is 0 Å². The van der Waals surface area contributed by atoms with Gasteiger partial charge < -0.3 is 10.5 Å². The van der Waals surface area contributed by atoms with Gasteiger partial charge in [0.1, 0.15) is 5.75 Å². The Bertz CT molecular complexity index is 759. The molecule has 142 valence electrons. The average Bonchev–Trinajstić information content (AvgIpc) is 2.59. The normalized spacial score (nSPS) is 11.7. The molecule has 0 bridgehead atoms. The van der Waals surface area contributed by atoms with E-state index in [0.29, 0.717) is 5.88 Å². The molecule has 1 aromatic carbocycles. The topological polar surface area (TPSA) is 48.1 Å². The van der Waals surface area contributed by atoms with Gasteiger partial charge in [0.15, 0.2) is 0 Å². The summed E-state index contributed by atoms with van der Waals surface area (Å²) < 4.78 is 7.46. The standard InChI is InChI=1S/C22H31BrN2O/c1-7-10-18-19(22(24,8-2)9-3)13-16(6)25-21(18)26-20-14(4)11-17(23)12-15(20)5/h11-13H,7-10,24H2,1-6H3. The van der Waals surface area contributed by atoms with Crippen molar-refractivity contribution in [2.75, 3.05) is 0 Å². The molecule has 0 aliphatic carbocycles. The summed E-state index contributed by atoms with van der Waals surface area (Å²) in [7, 11) is 0. The maximum absolute atomic E-state index is 6.77. The molecule has 0 spiro atoms. The SMILES string of the molecule is CCCc1c(C(N)(CC)CC)cc(C)nc1Oc1c(C)cc(Br)cc1C. The number of aromatic nitrogens is 1. The highest BCUT2D eigenvalue weighted by Crippen LogP contribution is 2.38. The van der Waals surface area contributed by atoms with Crippen LogP contribution in [-0.4, -0.2) is 4.98 Å². The Morgan fingerprint density at radius 3 is 2.12 bits per heavy atom. The van der Waals surface area contributed by atoms with Gasteiger partial charge >= 0.3 is 0 Å². The number of halogens is 1. The summed E-state index contributed by atoms with van der Waals surface area (Å²) >= 11 is 3.55. The van der Waals surface area contributed by atoms with E-state index in [4.69, 9.17) is 15.5 Å². The predicted octanol–water partition coefficient (Wildman–Crippen LogP) is 6.49. The number of rotatable bonds is 7. The molecule has 1 heterocycles. The van der Waals surface area contributed by atoms with Crippen LogP contribution >= 0.6 is 15.9 Å². The van der Waals surface area contributed by atoms with Crippen molar-refractivity contribution in [1.82, 2.24) is 4.98 Å². The molecular formula is C22H31BrN2O. The Morgan fingerprint density at radius 1 is 1.04 bits per heavy atom. The Kier molecular flexibility index (Phi) is 6.86. The van der Waals surface area contributed by atoms with E-state index in [2.05, 4.69) is 68.7 Å². The molecule has 3 nitrogen and oxygen atoms in total. The van der Waals surface area contributed by atoms with Gasteiger partial charge in [-0.1, -0.05) is 43.1 Å². The molecule has 2 N–H and O–H groups in total. The lowest BCUT2D eigenvalue weighted by Gasteiger charge is -2.31. The smallest absolute Gasteiger partial charge is 0.223 e. The monoisotopic (exact) mass is 418 g/mol. The highest BCUT2D eigenvalue weighted by molar-refractivity contribution is 9.10. The van der Waals surface area contributed by atoms with Crippen molar-refractivity contribution in [2.24, 2.45) is 5.73 Å². The number of nitrogens with zero attached hydrogens (tertiary/aromatic N) is 1. The molecule has 0 unspecified atom stereocenters. The summed E-state index contributed by atoms with van der Waals surface area (Å²) in [5.41, 5.74) is 11.9. The second kappa shape index (κ2) is 8.53. The van der Waals surface area contributed by atoms with Gasteiger partial charge in [0.05, 0.1) is 0 Å². The van der Waals surface area contributed by atoms with Crippen molar-refractivity contribution < 1.29 is 4.74 Å². The van der Waals surface area contributed by atoms with Gasteiger partial charge in [0.2, 0.25) is 5.88 Å². The zero-order valence-electron chi connectivity index (χ0n) is 16.9. The molecule has 1 aromatic heterocycles. The number of hydrogen-bond donors (Lipinski definition) is 1. The first-order chi connectivity index (χ1) is 12.3. The molecule has 0 fully saturated rings. The third-order valence-electron chi connectivity index (χ3n) is 5.14. The average molecular weight is 419 g/mol.